The SMILES string of the molecule is CCc1n[nH]c(CN(CCN2CCOCC2)Cc2ccco2)n1. The number of nitrogens with zero attached hydrogens (tertiary/aromatic N) is 4. The van der Waals surface area contributed by atoms with Crippen LogP contribution in [0.5, 0.6) is 0 Å². The summed E-state index contributed by atoms with van der Waals surface area (Å²) in [6, 6.07) is 3.94. The Morgan fingerprint density at radius 1 is 1.30 bits per heavy atom. The highest BCUT2D eigenvalue weighted by Crippen LogP contribution is 2.09. The lowest BCUT2D eigenvalue weighted by atomic mass is 10.3. The molecule has 3 heterocycles. The number of aryl methyl sites for hydroxylation is 1. The first-order chi connectivity index (χ1) is 11.3. The Bertz CT molecular complexity index is 563. The third-order valence-corrected chi connectivity index (χ3v) is 4.06. The molecular formula is C16H25N5O2. The van der Waals surface area contributed by atoms with Gasteiger partial charge in [-0.15, -0.1) is 0 Å². The number of aromatic nitrogens is 3. The van der Waals surface area contributed by atoms with Gasteiger partial charge in [0.2, 0.25) is 0 Å². The molecule has 0 unspecified atom stereocenters. The fourth-order valence-corrected chi connectivity index (χ4v) is 2.72. The summed E-state index contributed by atoms with van der Waals surface area (Å²) in [5.74, 6) is 2.75. The van der Waals surface area contributed by atoms with Gasteiger partial charge < -0.3 is 9.15 Å². The summed E-state index contributed by atoms with van der Waals surface area (Å²) < 4.78 is 10.9. The van der Waals surface area contributed by atoms with Crippen LogP contribution >= 0.6 is 0 Å². The van der Waals surface area contributed by atoms with Gasteiger partial charge in [-0.3, -0.25) is 14.9 Å². The molecule has 1 fully saturated rings. The second-order valence-corrected chi connectivity index (χ2v) is 5.80. The van der Waals surface area contributed by atoms with Crippen LogP contribution in [-0.2, 0) is 24.2 Å². The van der Waals surface area contributed by atoms with Gasteiger partial charge in [-0.2, -0.15) is 5.10 Å². The number of ether oxygens (including phenoxy) is 1. The van der Waals surface area contributed by atoms with Crippen LogP contribution in [-0.4, -0.2) is 64.4 Å². The number of hydrogen-bond acceptors (Lipinski definition) is 6. The molecule has 0 saturated carbocycles. The van der Waals surface area contributed by atoms with Crippen molar-refractivity contribution in [2.24, 2.45) is 0 Å². The fraction of sp³-hybridized carbons (Fsp3) is 0.625. The number of rotatable bonds is 8. The van der Waals surface area contributed by atoms with Gasteiger partial charge in [0, 0.05) is 32.6 Å². The summed E-state index contributed by atoms with van der Waals surface area (Å²) in [5, 5.41) is 7.26. The number of furan rings is 1. The van der Waals surface area contributed by atoms with Crippen molar-refractivity contribution in [1.29, 1.82) is 0 Å². The van der Waals surface area contributed by atoms with Crippen molar-refractivity contribution in [1.82, 2.24) is 25.0 Å². The van der Waals surface area contributed by atoms with Crippen LogP contribution in [0.4, 0.5) is 0 Å². The molecule has 0 amide bonds. The van der Waals surface area contributed by atoms with Crippen molar-refractivity contribution < 1.29 is 9.15 Å². The monoisotopic (exact) mass is 319 g/mol. The summed E-state index contributed by atoms with van der Waals surface area (Å²) in [6.07, 6.45) is 2.57. The van der Waals surface area contributed by atoms with E-state index in [1.165, 1.54) is 0 Å². The van der Waals surface area contributed by atoms with Crippen molar-refractivity contribution in [3.05, 3.63) is 35.8 Å². The van der Waals surface area contributed by atoms with Gasteiger partial charge in [0.15, 0.2) is 0 Å². The molecule has 2 aromatic rings. The lowest BCUT2D eigenvalue weighted by molar-refractivity contribution is 0.0320. The summed E-state index contributed by atoms with van der Waals surface area (Å²) in [6.45, 7) is 9.26. The Labute approximate surface area is 136 Å². The zero-order valence-electron chi connectivity index (χ0n) is 13.7. The molecule has 3 rings (SSSR count). The maximum Gasteiger partial charge on any atom is 0.150 e. The zero-order chi connectivity index (χ0) is 15.9. The largest absolute Gasteiger partial charge is 0.468 e. The number of hydrogen-bond donors (Lipinski definition) is 1. The molecule has 0 atom stereocenters. The number of morpholine rings is 1. The highest BCUT2D eigenvalue weighted by molar-refractivity contribution is 4.99. The lowest BCUT2D eigenvalue weighted by Gasteiger charge is -2.29. The summed E-state index contributed by atoms with van der Waals surface area (Å²) >= 11 is 0. The van der Waals surface area contributed by atoms with Crippen molar-refractivity contribution in [2.45, 2.75) is 26.4 Å². The Morgan fingerprint density at radius 2 is 2.17 bits per heavy atom. The third-order valence-electron chi connectivity index (χ3n) is 4.06. The highest BCUT2D eigenvalue weighted by Gasteiger charge is 2.15. The van der Waals surface area contributed by atoms with Gasteiger partial charge in [-0.1, -0.05) is 6.92 Å². The molecular weight excluding hydrogens is 294 g/mol. The summed E-state index contributed by atoms with van der Waals surface area (Å²) in [4.78, 5) is 9.30. The van der Waals surface area contributed by atoms with E-state index in [1.807, 2.05) is 12.1 Å². The molecule has 0 spiro atoms. The minimum Gasteiger partial charge on any atom is -0.468 e. The number of nitrogens with one attached hydrogen (secondary N) is 1. The standard InChI is InChI=1S/C16H25N5O2/c1-2-15-17-16(19-18-15)13-21(12-14-4-3-9-23-14)6-5-20-7-10-22-11-8-20/h3-4,9H,2,5-8,10-13H2,1H3,(H,17,18,19). The van der Waals surface area contributed by atoms with E-state index in [0.717, 1.165) is 76.3 Å². The van der Waals surface area contributed by atoms with E-state index in [0.29, 0.717) is 0 Å². The molecule has 23 heavy (non-hydrogen) atoms. The first kappa shape index (κ1) is 16.2. The smallest absolute Gasteiger partial charge is 0.150 e. The second kappa shape index (κ2) is 8.24. The van der Waals surface area contributed by atoms with Gasteiger partial charge in [0.1, 0.15) is 17.4 Å². The van der Waals surface area contributed by atoms with Crippen LogP contribution in [0.25, 0.3) is 0 Å². The van der Waals surface area contributed by atoms with Crippen LogP contribution in [0.15, 0.2) is 22.8 Å². The minimum atomic E-state index is 0.748. The van der Waals surface area contributed by atoms with Gasteiger partial charge in [-0.25, -0.2) is 4.98 Å². The predicted octanol–water partition coefficient (Wildman–Crippen LogP) is 1.29. The molecule has 1 N–H and O–H groups in total. The van der Waals surface area contributed by atoms with Gasteiger partial charge in [0.25, 0.3) is 0 Å². The van der Waals surface area contributed by atoms with Crippen LogP contribution in [0.2, 0.25) is 0 Å². The van der Waals surface area contributed by atoms with Crippen LogP contribution in [0.1, 0.15) is 24.3 Å². The van der Waals surface area contributed by atoms with Crippen molar-refractivity contribution in [3.63, 3.8) is 0 Å². The summed E-state index contributed by atoms with van der Waals surface area (Å²) in [7, 11) is 0. The molecule has 0 aromatic carbocycles. The zero-order valence-corrected chi connectivity index (χ0v) is 13.7. The molecule has 2 aromatic heterocycles. The molecule has 0 aliphatic carbocycles. The van der Waals surface area contributed by atoms with Crippen molar-refractivity contribution in [2.75, 3.05) is 39.4 Å². The number of H-pyrrole nitrogens is 1. The predicted molar refractivity (Wildman–Crippen MR) is 85.8 cm³/mol. The molecule has 1 saturated heterocycles. The van der Waals surface area contributed by atoms with Gasteiger partial charge >= 0.3 is 0 Å². The van der Waals surface area contributed by atoms with Crippen molar-refractivity contribution in [3.8, 4) is 0 Å². The molecule has 126 valence electrons. The fourth-order valence-electron chi connectivity index (χ4n) is 2.72. The van der Waals surface area contributed by atoms with E-state index in [-0.39, 0.29) is 0 Å². The van der Waals surface area contributed by atoms with E-state index in [4.69, 9.17) is 9.15 Å². The van der Waals surface area contributed by atoms with Crippen molar-refractivity contribution >= 4 is 0 Å². The molecule has 0 bridgehead atoms. The van der Waals surface area contributed by atoms with E-state index in [2.05, 4.69) is 31.9 Å². The molecule has 0 radical (unpaired) electrons. The average Bonchev–Trinajstić information content (AvgIpc) is 3.25. The molecule has 1 aliphatic heterocycles. The quantitative estimate of drug-likeness (QED) is 0.791. The number of aromatic amines is 1. The molecule has 7 nitrogen and oxygen atoms in total. The maximum atomic E-state index is 5.50. The van der Waals surface area contributed by atoms with Gasteiger partial charge in [0.05, 0.1) is 32.6 Å². The van der Waals surface area contributed by atoms with E-state index in [1.54, 1.807) is 6.26 Å². The average molecular weight is 319 g/mol. The Balaban J connectivity index is 1.58. The van der Waals surface area contributed by atoms with Gasteiger partial charge in [-0.05, 0) is 12.1 Å². The first-order valence-electron chi connectivity index (χ1n) is 8.28. The second-order valence-electron chi connectivity index (χ2n) is 5.80. The Morgan fingerprint density at radius 3 is 2.87 bits per heavy atom. The minimum absolute atomic E-state index is 0.748. The normalized spacial score (nSPS) is 16.3. The Kier molecular flexibility index (Phi) is 5.79. The van der Waals surface area contributed by atoms with E-state index < -0.39 is 0 Å². The van der Waals surface area contributed by atoms with E-state index >= 15 is 0 Å². The van der Waals surface area contributed by atoms with Crippen LogP contribution < -0.4 is 0 Å². The third kappa shape index (κ3) is 4.89. The van der Waals surface area contributed by atoms with E-state index in [9.17, 15) is 0 Å². The van der Waals surface area contributed by atoms with Crippen LogP contribution in [0, 0.1) is 0 Å². The summed E-state index contributed by atoms with van der Waals surface area (Å²) in [5.41, 5.74) is 0. The topological polar surface area (TPSA) is 70.4 Å². The first-order valence-corrected chi connectivity index (χ1v) is 8.28. The lowest BCUT2D eigenvalue weighted by Crippen LogP contribution is -2.41. The molecule has 7 heteroatoms. The van der Waals surface area contributed by atoms with Crippen LogP contribution in [0.3, 0.4) is 0 Å². The Hall–Kier alpha value is -1.70. The molecule has 1 aliphatic rings. The highest BCUT2D eigenvalue weighted by atomic mass is 16.5. The maximum absolute atomic E-state index is 5.50.